The van der Waals surface area contributed by atoms with Gasteiger partial charge in [0, 0.05) is 25.2 Å². The molecule has 3 rings (SSSR count). The van der Waals surface area contributed by atoms with E-state index in [1.165, 1.54) is 23.7 Å². The fraction of sp³-hybridized carbons (Fsp3) is 0.250. The maximum atomic E-state index is 13.2. The molecule has 2 heterocycles. The summed E-state index contributed by atoms with van der Waals surface area (Å²) in [4.78, 5) is 23.4. The van der Waals surface area contributed by atoms with Crippen LogP contribution in [0.2, 0.25) is 0 Å². The maximum absolute atomic E-state index is 13.2. The van der Waals surface area contributed by atoms with Crippen molar-refractivity contribution in [3.63, 3.8) is 0 Å². The Morgan fingerprint density at radius 3 is 2.65 bits per heavy atom. The zero-order chi connectivity index (χ0) is 22.8. The third kappa shape index (κ3) is 4.80. The number of benzene rings is 1. The van der Waals surface area contributed by atoms with E-state index in [2.05, 4.69) is 20.6 Å². The second-order valence-corrected chi connectivity index (χ2v) is 6.83. The molecular formula is C20H17F3N6O2. The van der Waals surface area contributed by atoms with Crippen LogP contribution >= 0.6 is 0 Å². The van der Waals surface area contributed by atoms with Crippen LogP contribution in [0, 0.1) is 11.3 Å². The van der Waals surface area contributed by atoms with E-state index >= 15 is 0 Å². The largest absolute Gasteiger partial charge is 0.417 e. The van der Waals surface area contributed by atoms with Gasteiger partial charge in [-0.3, -0.25) is 19.4 Å². The summed E-state index contributed by atoms with van der Waals surface area (Å²) in [5.74, 6) is -0.731. The maximum Gasteiger partial charge on any atom is 0.417 e. The SMILES string of the molecule is CC(=O)c1cc(C(=O)NC[C@H](C)n2ccc(-c3ccc(C#N)c(C(F)(F)F)c3)n2)[nH]n1. The molecule has 31 heavy (non-hydrogen) atoms. The van der Waals surface area contributed by atoms with Crippen LogP contribution in [-0.2, 0) is 6.18 Å². The summed E-state index contributed by atoms with van der Waals surface area (Å²) >= 11 is 0. The first-order chi connectivity index (χ1) is 14.6. The van der Waals surface area contributed by atoms with Crippen LogP contribution in [-0.4, -0.2) is 38.2 Å². The molecule has 0 aliphatic heterocycles. The fourth-order valence-corrected chi connectivity index (χ4v) is 2.82. The van der Waals surface area contributed by atoms with Crippen molar-refractivity contribution in [2.24, 2.45) is 0 Å². The van der Waals surface area contributed by atoms with Crippen LogP contribution in [0.4, 0.5) is 13.2 Å². The summed E-state index contributed by atoms with van der Waals surface area (Å²) in [6.45, 7) is 3.28. The number of carbonyl (C=O) groups excluding carboxylic acids is 2. The number of nitrogens with zero attached hydrogens (tertiary/aromatic N) is 4. The number of nitriles is 1. The van der Waals surface area contributed by atoms with Gasteiger partial charge in [0.15, 0.2) is 5.78 Å². The Kier molecular flexibility index (Phi) is 5.92. The standard InChI is InChI=1S/C20H17F3N6O2/c1-11(10-25-19(31)18-8-17(12(2)30)26-27-18)29-6-5-16(28-29)13-3-4-14(9-24)15(7-13)20(21,22)23/h3-8,11H,10H2,1-2H3,(H,25,31)(H,26,27)/t11-/m0/s1. The number of Topliss-reactive ketones (excluding diaryl/α,β-unsaturated/α-hetero) is 1. The molecule has 11 heteroatoms. The predicted molar refractivity (Wildman–Crippen MR) is 103 cm³/mol. The lowest BCUT2D eigenvalue weighted by Gasteiger charge is -2.13. The first-order valence-electron chi connectivity index (χ1n) is 9.11. The van der Waals surface area contributed by atoms with Crippen LogP contribution < -0.4 is 5.32 Å². The van der Waals surface area contributed by atoms with Gasteiger partial charge in [-0.25, -0.2) is 0 Å². The van der Waals surface area contributed by atoms with Gasteiger partial charge >= 0.3 is 6.18 Å². The lowest BCUT2D eigenvalue weighted by molar-refractivity contribution is -0.137. The van der Waals surface area contributed by atoms with Gasteiger partial charge in [0.1, 0.15) is 11.4 Å². The zero-order valence-electron chi connectivity index (χ0n) is 16.5. The molecule has 0 unspecified atom stereocenters. The molecule has 160 valence electrons. The zero-order valence-corrected chi connectivity index (χ0v) is 16.5. The van der Waals surface area contributed by atoms with Crippen molar-refractivity contribution in [3.8, 4) is 17.3 Å². The number of aromatic nitrogens is 4. The van der Waals surface area contributed by atoms with Crippen molar-refractivity contribution in [3.05, 3.63) is 59.0 Å². The number of carbonyl (C=O) groups is 2. The first kappa shape index (κ1) is 21.8. The van der Waals surface area contributed by atoms with Crippen LogP contribution in [0.5, 0.6) is 0 Å². The Labute approximate surface area is 174 Å². The molecule has 2 aromatic heterocycles. The van der Waals surface area contributed by atoms with Crippen LogP contribution in [0.1, 0.15) is 52.0 Å². The molecule has 0 spiro atoms. The molecule has 1 aromatic carbocycles. The Morgan fingerprint density at radius 2 is 2.03 bits per heavy atom. The van der Waals surface area contributed by atoms with Gasteiger partial charge in [-0.1, -0.05) is 6.07 Å². The Hall–Kier alpha value is -3.94. The molecule has 0 radical (unpaired) electrons. The van der Waals surface area contributed by atoms with Crippen LogP contribution in [0.15, 0.2) is 36.5 Å². The van der Waals surface area contributed by atoms with E-state index < -0.39 is 23.2 Å². The van der Waals surface area contributed by atoms with Gasteiger partial charge < -0.3 is 5.32 Å². The van der Waals surface area contributed by atoms with E-state index in [9.17, 15) is 22.8 Å². The number of halogens is 3. The number of aromatic amines is 1. The number of alkyl halides is 3. The van der Waals surface area contributed by atoms with Gasteiger partial charge in [-0.05, 0) is 31.2 Å². The van der Waals surface area contributed by atoms with Crippen molar-refractivity contribution >= 4 is 11.7 Å². The highest BCUT2D eigenvalue weighted by molar-refractivity contribution is 5.97. The number of H-pyrrole nitrogens is 1. The van der Waals surface area contributed by atoms with Crippen LogP contribution in [0.25, 0.3) is 11.3 Å². The minimum absolute atomic E-state index is 0.135. The molecule has 0 bridgehead atoms. The van der Waals surface area contributed by atoms with Gasteiger partial charge in [0.05, 0.1) is 28.9 Å². The molecule has 3 aromatic rings. The molecule has 0 aliphatic rings. The number of hydrogen-bond acceptors (Lipinski definition) is 5. The van der Waals surface area contributed by atoms with E-state index in [1.54, 1.807) is 25.3 Å². The smallest absolute Gasteiger partial charge is 0.349 e. The van der Waals surface area contributed by atoms with E-state index in [0.717, 1.165) is 12.1 Å². The average Bonchev–Trinajstić information content (AvgIpc) is 3.40. The minimum atomic E-state index is -4.66. The highest BCUT2D eigenvalue weighted by Gasteiger charge is 2.34. The van der Waals surface area contributed by atoms with Gasteiger partial charge in [0.25, 0.3) is 5.91 Å². The third-order valence-electron chi connectivity index (χ3n) is 4.54. The number of rotatable bonds is 6. The number of hydrogen-bond donors (Lipinski definition) is 2. The molecule has 0 fully saturated rings. The lowest BCUT2D eigenvalue weighted by atomic mass is 10.0. The van der Waals surface area contributed by atoms with Crippen molar-refractivity contribution in [2.75, 3.05) is 6.54 Å². The number of ketones is 1. The van der Waals surface area contributed by atoms with Crippen LogP contribution in [0.3, 0.4) is 0 Å². The summed E-state index contributed by atoms with van der Waals surface area (Å²) in [6, 6.07) is 7.53. The molecule has 1 atom stereocenters. The molecule has 1 amide bonds. The second-order valence-electron chi connectivity index (χ2n) is 6.83. The van der Waals surface area contributed by atoms with Gasteiger partial charge in [0.2, 0.25) is 0 Å². The summed E-state index contributed by atoms with van der Waals surface area (Å²) in [7, 11) is 0. The number of nitrogens with one attached hydrogen (secondary N) is 2. The van der Waals surface area contributed by atoms with Crippen molar-refractivity contribution in [2.45, 2.75) is 26.1 Å². The Morgan fingerprint density at radius 1 is 1.29 bits per heavy atom. The minimum Gasteiger partial charge on any atom is -0.349 e. The Balaban J connectivity index is 1.71. The summed E-state index contributed by atoms with van der Waals surface area (Å²) in [6.07, 6.45) is -3.07. The van der Waals surface area contributed by atoms with Gasteiger partial charge in [-0.2, -0.15) is 28.6 Å². The molecule has 2 N–H and O–H groups in total. The topological polar surface area (TPSA) is 116 Å². The van der Waals surface area contributed by atoms with E-state index in [0.29, 0.717) is 5.69 Å². The normalized spacial score (nSPS) is 12.3. The Bertz CT molecular complexity index is 1170. The molecular weight excluding hydrogens is 413 g/mol. The lowest BCUT2D eigenvalue weighted by Crippen LogP contribution is -2.30. The summed E-state index contributed by atoms with van der Waals surface area (Å²) < 4.78 is 41.1. The highest BCUT2D eigenvalue weighted by Crippen LogP contribution is 2.34. The average molecular weight is 430 g/mol. The number of amides is 1. The van der Waals surface area contributed by atoms with E-state index in [4.69, 9.17) is 5.26 Å². The molecule has 0 saturated carbocycles. The third-order valence-corrected chi connectivity index (χ3v) is 4.54. The van der Waals surface area contributed by atoms with E-state index in [-0.39, 0.29) is 35.3 Å². The monoisotopic (exact) mass is 430 g/mol. The molecule has 0 saturated heterocycles. The fourth-order valence-electron chi connectivity index (χ4n) is 2.82. The molecule has 0 aliphatic carbocycles. The van der Waals surface area contributed by atoms with Crippen molar-refractivity contribution < 1.29 is 22.8 Å². The summed E-state index contributed by atoms with van der Waals surface area (Å²) in [5.41, 5.74) is -0.680. The predicted octanol–water partition coefficient (Wildman–Crippen LogP) is 3.36. The summed E-state index contributed by atoms with van der Waals surface area (Å²) in [5, 5.41) is 22.1. The second kappa shape index (κ2) is 8.43. The first-order valence-corrected chi connectivity index (χ1v) is 9.11. The molecule has 8 nitrogen and oxygen atoms in total. The van der Waals surface area contributed by atoms with Crippen molar-refractivity contribution in [1.29, 1.82) is 5.26 Å². The quantitative estimate of drug-likeness (QED) is 0.582. The van der Waals surface area contributed by atoms with Gasteiger partial charge in [-0.15, -0.1) is 0 Å². The van der Waals surface area contributed by atoms with E-state index in [1.807, 2.05) is 0 Å². The van der Waals surface area contributed by atoms with Crippen molar-refractivity contribution in [1.82, 2.24) is 25.3 Å². The highest BCUT2D eigenvalue weighted by atomic mass is 19.4.